The third-order valence-corrected chi connectivity index (χ3v) is 5.81. The fraction of sp³-hybridized carbons (Fsp3) is 0.115. The van der Waals surface area contributed by atoms with E-state index >= 15 is 0 Å². The lowest BCUT2D eigenvalue weighted by atomic mass is 10.1. The van der Waals surface area contributed by atoms with Crippen molar-refractivity contribution in [2.75, 3.05) is 4.90 Å². The van der Waals surface area contributed by atoms with Crippen LogP contribution in [-0.2, 0) is 11.0 Å². The third-order valence-electron chi connectivity index (χ3n) is 5.81. The van der Waals surface area contributed by atoms with E-state index in [1.54, 1.807) is 18.2 Å². The van der Waals surface area contributed by atoms with Crippen molar-refractivity contribution in [3.63, 3.8) is 0 Å². The quantitative estimate of drug-likeness (QED) is 0.343. The summed E-state index contributed by atoms with van der Waals surface area (Å²) in [5, 5.41) is 9.30. The second-order valence-electron chi connectivity index (χ2n) is 8.18. The summed E-state index contributed by atoms with van der Waals surface area (Å²) in [6.45, 7) is 3.77. The minimum Gasteiger partial charge on any atom is -0.478 e. The van der Waals surface area contributed by atoms with Crippen LogP contribution in [0.5, 0.6) is 0 Å². The number of nitrogens with zero attached hydrogens (tertiary/aromatic N) is 1. The molecule has 0 atom stereocenters. The molecule has 0 unspecified atom stereocenters. The highest BCUT2D eigenvalue weighted by molar-refractivity contribution is 6.35. The number of halogens is 3. The number of hydrogen-bond donors (Lipinski definition) is 3. The van der Waals surface area contributed by atoms with Crippen molar-refractivity contribution >= 4 is 34.7 Å². The van der Waals surface area contributed by atoms with Gasteiger partial charge < -0.3 is 10.5 Å². The SMILES string of the molecule is Cc1ccc(C(=O)NNC=C2C(=O)N(c3cccc(C(=O)O)c3)c3cc(C(F)(F)F)ccc32)cc1C. The highest BCUT2D eigenvalue weighted by Crippen LogP contribution is 2.44. The van der Waals surface area contributed by atoms with Crippen molar-refractivity contribution in [2.24, 2.45) is 0 Å². The molecular weight excluding hydrogens is 475 g/mol. The van der Waals surface area contributed by atoms with Gasteiger partial charge >= 0.3 is 12.1 Å². The van der Waals surface area contributed by atoms with Crippen LogP contribution in [-0.4, -0.2) is 22.9 Å². The maximum Gasteiger partial charge on any atom is 0.416 e. The Balaban J connectivity index is 1.69. The topological polar surface area (TPSA) is 98.7 Å². The first-order valence-electron chi connectivity index (χ1n) is 10.7. The molecule has 1 aliphatic rings. The molecule has 10 heteroatoms. The molecule has 4 rings (SSSR count). The van der Waals surface area contributed by atoms with Crippen LogP contribution in [0.1, 0.15) is 43.0 Å². The highest BCUT2D eigenvalue weighted by atomic mass is 19.4. The molecule has 1 heterocycles. The van der Waals surface area contributed by atoms with Crippen LogP contribution in [0.15, 0.2) is 66.9 Å². The second kappa shape index (κ2) is 9.21. The summed E-state index contributed by atoms with van der Waals surface area (Å²) < 4.78 is 40.2. The van der Waals surface area contributed by atoms with Gasteiger partial charge in [0.1, 0.15) is 0 Å². The van der Waals surface area contributed by atoms with Gasteiger partial charge in [0.2, 0.25) is 0 Å². The first-order valence-corrected chi connectivity index (χ1v) is 10.7. The number of hydrogen-bond acceptors (Lipinski definition) is 4. The number of hydrazine groups is 1. The number of carboxylic acid groups (broad SMARTS) is 1. The van der Waals surface area contributed by atoms with Gasteiger partial charge in [-0.25, -0.2) is 4.79 Å². The van der Waals surface area contributed by atoms with Crippen molar-refractivity contribution in [1.82, 2.24) is 10.9 Å². The minimum atomic E-state index is -4.66. The molecule has 0 bridgehead atoms. The smallest absolute Gasteiger partial charge is 0.416 e. The van der Waals surface area contributed by atoms with E-state index in [-0.39, 0.29) is 28.1 Å². The maximum absolute atomic E-state index is 13.4. The molecule has 36 heavy (non-hydrogen) atoms. The first kappa shape index (κ1) is 24.5. The Hall–Kier alpha value is -4.60. The molecule has 0 fully saturated rings. The minimum absolute atomic E-state index is 0.0140. The van der Waals surface area contributed by atoms with E-state index in [0.717, 1.165) is 34.2 Å². The summed E-state index contributed by atoms with van der Waals surface area (Å²) in [4.78, 5) is 38.2. The van der Waals surface area contributed by atoms with Gasteiger partial charge in [0.25, 0.3) is 11.8 Å². The summed E-state index contributed by atoms with van der Waals surface area (Å²) in [5.74, 6) is -2.42. The number of alkyl halides is 3. The van der Waals surface area contributed by atoms with E-state index in [1.165, 1.54) is 30.5 Å². The average molecular weight is 495 g/mol. The van der Waals surface area contributed by atoms with E-state index in [0.29, 0.717) is 5.56 Å². The number of rotatable bonds is 5. The van der Waals surface area contributed by atoms with Gasteiger partial charge in [-0.2, -0.15) is 13.2 Å². The zero-order valence-electron chi connectivity index (χ0n) is 19.1. The van der Waals surface area contributed by atoms with Crippen molar-refractivity contribution in [3.05, 3.63) is 100 Å². The van der Waals surface area contributed by atoms with Gasteiger partial charge in [-0.1, -0.05) is 18.2 Å². The molecule has 184 valence electrons. The Morgan fingerprint density at radius 3 is 2.36 bits per heavy atom. The first-order chi connectivity index (χ1) is 17.0. The standard InChI is InChI=1S/C26H20F3N3O4/c1-14-6-7-16(10-15(14)2)23(33)31-30-13-21-20-9-8-18(26(27,28)29)12-22(20)32(24(21)34)19-5-3-4-17(11-19)25(35)36/h3-13,30H,1-2H3,(H,31,33)(H,35,36). The van der Waals surface area contributed by atoms with Crippen LogP contribution in [0.25, 0.3) is 5.57 Å². The molecule has 3 aromatic carbocycles. The van der Waals surface area contributed by atoms with E-state index < -0.39 is 29.5 Å². The summed E-state index contributed by atoms with van der Waals surface area (Å²) in [5.41, 5.74) is 6.40. The third kappa shape index (κ3) is 4.65. The molecule has 0 saturated carbocycles. The number of amides is 2. The highest BCUT2D eigenvalue weighted by Gasteiger charge is 2.38. The van der Waals surface area contributed by atoms with Crippen molar-refractivity contribution in [2.45, 2.75) is 20.0 Å². The van der Waals surface area contributed by atoms with Gasteiger partial charge in [0.05, 0.1) is 28.1 Å². The number of carboxylic acids is 1. The molecular formula is C26H20F3N3O4. The Labute approximate surface area is 203 Å². The lowest BCUT2D eigenvalue weighted by Gasteiger charge is -2.19. The van der Waals surface area contributed by atoms with E-state index in [9.17, 15) is 32.7 Å². The monoisotopic (exact) mass is 495 g/mol. The number of fused-ring (bicyclic) bond motifs is 1. The molecule has 0 radical (unpaired) electrons. The number of carbonyl (C=O) groups is 3. The van der Waals surface area contributed by atoms with Gasteiger partial charge in [-0.05, 0) is 67.4 Å². The van der Waals surface area contributed by atoms with Crippen LogP contribution in [0, 0.1) is 13.8 Å². The predicted molar refractivity (Wildman–Crippen MR) is 126 cm³/mol. The van der Waals surface area contributed by atoms with Crippen LogP contribution >= 0.6 is 0 Å². The summed E-state index contributed by atoms with van der Waals surface area (Å²) in [7, 11) is 0. The number of aromatic carboxylic acids is 1. The fourth-order valence-corrected chi connectivity index (χ4v) is 3.77. The van der Waals surface area contributed by atoms with Gasteiger partial charge in [0.15, 0.2) is 0 Å². The van der Waals surface area contributed by atoms with Gasteiger partial charge in [-0.3, -0.25) is 19.9 Å². The number of anilines is 2. The fourth-order valence-electron chi connectivity index (χ4n) is 3.77. The Morgan fingerprint density at radius 2 is 1.69 bits per heavy atom. The molecule has 0 aliphatic carbocycles. The van der Waals surface area contributed by atoms with E-state index in [2.05, 4.69) is 10.9 Å². The summed E-state index contributed by atoms with van der Waals surface area (Å²) >= 11 is 0. The lowest BCUT2D eigenvalue weighted by Crippen LogP contribution is -2.34. The number of nitrogens with one attached hydrogen (secondary N) is 2. The summed E-state index contributed by atoms with van der Waals surface area (Å²) in [6, 6.07) is 13.3. The van der Waals surface area contributed by atoms with Crippen LogP contribution in [0.2, 0.25) is 0 Å². The molecule has 2 amide bonds. The Kier molecular flexibility index (Phi) is 6.28. The summed E-state index contributed by atoms with van der Waals surface area (Å²) in [6.07, 6.45) is -3.47. The molecule has 0 aromatic heterocycles. The molecule has 3 aromatic rings. The molecule has 3 N–H and O–H groups in total. The predicted octanol–water partition coefficient (Wildman–Crippen LogP) is 4.97. The zero-order chi connectivity index (χ0) is 26.2. The van der Waals surface area contributed by atoms with E-state index in [4.69, 9.17) is 0 Å². The second-order valence-corrected chi connectivity index (χ2v) is 8.18. The lowest BCUT2D eigenvalue weighted by molar-refractivity contribution is -0.137. The zero-order valence-corrected chi connectivity index (χ0v) is 19.1. The molecule has 1 aliphatic heterocycles. The van der Waals surface area contributed by atoms with Gasteiger partial charge in [0, 0.05) is 17.3 Å². The Bertz CT molecular complexity index is 1430. The van der Waals surface area contributed by atoms with Crippen LogP contribution in [0.4, 0.5) is 24.5 Å². The number of carbonyl (C=O) groups excluding carboxylic acids is 2. The van der Waals surface area contributed by atoms with Crippen LogP contribution in [0.3, 0.4) is 0 Å². The van der Waals surface area contributed by atoms with Crippen molar-refractivity contribution in [3.8, 4) is 0 Å². The Morgan fingerprint density at radius 1 is 0.944 bits per heavy atom. The largest absolute Gasteiger partial charge is 0.478 e. The van der Waals surface area contributed by atoms with Crippen molar-refractivity contribution < 1.29 is 32.7 Å². The van der Waals surface area contributed by atoms with E-state index in [1.807, 2.05) is 13.8 Å². The number of benzene rings is 3. The normalized spacial score (nSPS) is 14.1. The maximum atomic E-state index is 13.4. The molecule has 0 spiro atoms. The molecule has 7 nitrogen and oxygen atoms in total. The van der Waals surface area contributed by atoms with Crippen LogP contribution < -0.4 is 15.8 Å². The van der Waals surface area contributed by atoms with Gasteiger partial charge in [-0.15, -0.1) is 0 Å². The molecule has 0 saturated heterocycles. The number of aryl methyl sites for hydroxylation is 2. The van der Waals surface area contributed by atoms with Crippen molar-refractivity contribution in [1.29, 1.82) is 0 Å². The average Bonchev–Trinajstić information content (AvgIpc) is 3.10.